The smallest absolute Gasteiger partial charge is 0.240 e. The predicted octanol–water partition coefficient (Wildman–Crippen LogP) is 2.93. The highest BCUT2D eigenvalue weighted by molar-refractivity contribution is 7.89. The Morgan fingerprint density at radius 3 is 2.34 bits per heavy atom. The summed E-state index contributed by atoms with van der Waals surface area (Å²) in [7, 11) is -3.55. The predicted molar refractivity (Wildman–Crippen MR) is 114 cm³/mol. The maximum atomic E-state index is 12.4. The normalized spacial score (nSPS) is 11.3. The molecule has 0 aliphatic rings. The third-order valence-corrected chi connectivity index (χ3v) is 5.81. The van der Waals surface area contributed by atoms with Crippen LogP contribution in [0.25, 0.3) is 0 Å². The maximum Gasteiger partial charge on any atom is 0.240 e. The average molecular weight is 413 g/mol. The van der Waals surface area contributed by atoms with Crippen molar-refractivity contribution in [1.29, 1.82) is 0 Å². The van der Waals surface area contributed by atoms with Gasteiger partial charge in [-0.15, -0.1) is 0 Å². The molecule has 0 aliphatic carbocycles. The van der Waals surface area contributed by atoms with E-state index in [1.165, 1.54) is 6.33 Å². The first-order valence-corrected chi connectivity index (χ1v) is 10.6. The van der Waals surface area contributed by atoms with E-state index in [0.29, 0.717) is 24.0 Å². The van der Waals surface area contributed by atoms with Crippen LogP contribution in [0.3, 0.4) is 0 Å². The van der Waals surface area contributed by atoms with Gasteiger partial charge in [0.2, 0.25) is 10.0 Å². The number of aromatic nitrogens is 3. The number of nitrogens with one attached hydrogen (secondary N) is 3. The zero-order valence-electron chi connectivity index (χ0n) is 16.6. The van der Waals surface area contributed by atoms with Gasteiger partial charge in [0.15, 0.2) is 0 Å². The third-order valence-electron chi connectivity index (χ3n) is 4.35. The molecule has 3 N–H and O–H groups in total. The van der Waals surface area contributed by atoms with Gasteiger partial charge in [-0.25, -0.2) is 28.1 Å². The fraction of sp³-hybridized carbons (Fsp3) is 0.250. The summed E-state index contributed by atoms with van der Waals surface area (Å²) in [4.78, 5) is 12.8. The molecular formula is C20H24N6O2S. The summed E-state index contributed by atoms with van der Waals surface area (Å²) < 4.78 is 27.4. The molecule has 0 radical (unpaired) electrons. The van der Waals surface area contributed by atoms with E-state index in [0.717, 1.165) is 16.7 Å². The molecular weight excluding hydrogens is 388 g/mol. The summed E-state index contributed by atoms with van der Waals surface area (Å²) in [5.41, 5.74) is 3.08. The van der Waals surface area contributed by atoms with Crippen molar-refractivity contribution >= 4 is 27.5 Å². The molecule has 9 heteroatoms. The molecule has 0 saturated heterocycles. The maximum absolute atomic E-state index is 12.4. The van der Waals surface area contributed by atoms with E-state index >= 15 is 0 Å². The number of nitrogens with zero attached hydrogens (tertiary/aromatic N) is 3. The number of sulfonamides is 1. The molecule has 0 unspecified atom stereocenters. The summed E-state index contributed by atoms with van der Waals surface area (Å²) in [6.07, 6.45) is 3.15. The SMILES string of the molecule is Cc1ccnc(Nc2cc(NCCNS(=O)(=O)c3ccc(C)c(C)c3)ncn2)c1. The lowest BCUT2D eigenvalue weighted by molar-refractivity contribution is 0.582. The number of pyridine rings is 1. The van der Waals surface area contributed by atoms with E-state index in [1.807, 2.05) is 32.9 Å². The lowest BCUT2D eigenvalue weighted by atomic mass is 10.1. The van der Waals surface area contributed by atoms with Gasteiger partial charge < -0.3 is 10.6 Å². The molecule has 0 amide bonds. The van der Waals surface area contributed by atoms with Gasteiger partial charge in [0.1, 0.15) is 23.8 Å². The van der Waals surface area contributed by atoms with Crippen molar-refractivity contribution in [2.45, 2.75) is 25.7 Å². The number of anilines is 3. The number of benzene rings is 1. The van der Waals surface area contributed by atoms with Crippen LogP contribution in [0, 0.1) is 20.8 Å². The largest absolute Gasteiger partial charge is 0.369 e. The Morgan fingerprint density at radius 1 is 0.828 bits per heavy atom. The minimum Gasteiger partial charge on any atom is -0.369 e. The first-order valence-electron chi connectivity index (χ1n) is 9.16. The van der Waals surface area contributed by atoms with E-state index in [1.54, 1.807) is 30.5 Å². The number of rotatable bonds is 8. The first-order chi connectivity index (χ1) is 13.8. The lowest BCUT2D eigenvalue weighted by Gasteiger charge is -2.10. The van der Waals surface area contributed by atoms with Crippen LogP contribution in [0.4, 0.5) is 17.5 Å². The van der Waals surface area contributed by atoms with Gasteiger partial charge in [0.25, 0.3) is 0 Å². The van der Waals surface area contributed by atoms with Crippen molar-refractivity contribution in [1.82, 2.24) is 19.7 Å². The van der Waals surface area contributed by atoms with Crippen LogP contribution in [0.1, 0.15) is 16.7 Å². The van der Waals surface area contributed by atoms with Crippen molar-refractivity contribution in [3.05, 3.63) is 65.6 Å². The Bertz CT molecular complexity index is 1100. The molecule has 29 heavy (non-hydrogen) atoms. The zero-order chi connectivity index (χ0) is 20.9. The van der Waals surface area contributed by atoms with E-state index in [4.69, 9.17) is 0 Å². The minimum absolute atomic E-state index is 0.224. The summed E-state index contributed by atoms with van der Waals surface area (Å²) in [6, 6.07) is 10.7. The van der Waals surface area contributed by atoms with Crippen molar-refractivity contribution in [2.75, 3.05) is 23.7 Å². The molecule has 0 atom stereocenters. The molecule has 3 aromatic rings. The van der Waals surface area contributed by atoms with Crippen LogP contribution in [0.2, 0.25) is 0 Å². The Hall–Kier alpha value is -3.04. The van der Waals surface area contributed by atoms with Gasteiger partial charge in [-0.1, -0.05) is 6.07 Å². The Morgan fingerprint density at radius 2 is 1.59 bits per heavy atom. The Kier molecular flexibility index (Phi) is 6.40. The quantitative estimate of drug-likeness (QED) is 0.488. The molecule has 1 aromatic carbocycles. The highest BCUT2D eigenvalue weighted by Gasteiger charge is 2.13. The highest BCUT2D eigenvalue weighted by atomic mass is 32.2. The van der Waals surface area contributed by atoms with Gasteiger partial charge in [0, 0.05) is 25.4 Å². The second-order valence-corrected chi connectivity index (χ2v) is 8.47. The van der Waals surface area contributed by atoms with Gasteiger partial charge in [0.05, 0.1) is 4.90 Å². The number of aryl methyl sites for hydroxylation is 3. The minimum atomic E-state index is -3.55. The van der Waals surface area contributed by atoms with E-state index < -0.39 is 10.0 Å². The molecule has 8 nitrogen and oxygen atoms in total. The van der Waals surface area contributed by atoms with Gasteiger partial charge in [-0.2, -0.15) is 0 Å². The monoisotopic (exact) mass is 412 g/mol. The zero-order valence-corrected chi connectivity index (χ0v) is 17.4. The van der Waals surface area contributed by atoms with Gasteiger partial charge in [-0.3, -0.25) is 0 Å². The third kappa shape index (κ3) is 5.72. The lowest BCUT2D eigenvalue weighted by Crippen LogP contribution is -2.29. The topological polar surface area (TPSA) is 109 Å². The van der Waals surface area contributed by atoms with Crippen LogP contribution in [0.5, 0.6) is 0 Å². The first kappa shape index (κ1) is 20.7. The van der Waals surface area contributed by atoms with Crippen molar-refractivity contribution < 1.29 is 8.42 Å². The Balaban J connectivity index is 1.54. The molecule has 2 aromatic heterocycles. The van der Waals surface area contributed by atoms with Crippen molar-refractivity contribution in [3.63, 3.8) is 0 Å². The van der Waals surface area contributed by atoms with Crippen LogP contribution in [0.15, 0.2) is 53.8 Å². The fourth-order valence-electron chi connectivity index (χ4n) is 2.60. The second kappa shape index (κ2) is 8.97. The summed E-state index contributed by atoms with van der Waals surface area (Å²) >= 11 is 0. The van der Waals surface area contributed by atoms with Gasteiger partial charge >= 0.3 is 0 Å². The van der Waals surface area contributed by atoms with Crippen LogP contribution in [-0.2, 0) is 10.0 Å². The van der Waals surface area contributed by atoms with Crippen molar-refractivity contribution in [3.8, 4) is 0 Å². The fourth-order valence-corrected chi connectivity index (χ4v) is 3.72. The highest BCUT2D eigenvalue weighted by Crippen LogP contribution is 2.16. The Labute approximate surface area is 170 Å². The molecule has 0 fully saturated rings. The average Bonchev–Trinajstić information content (AvgIpc) is 2.68. The molecule has 0 spiro atoms. The summed E-state index contributed by atoms with van der Waals surface area (Å²) in [5, 5.41) is 6.21. The summed E-state index contributed by atoms with van der Waals surface area (Å²) in [5.74, 6) is 1.87. The molecule has 3 rings (SSSR count). The van der Waals surface area contributed by atoms with Crippen LogP contribution >= 0.6 is 0 Å². The molecule has 152 valence electrons. The molecule has 2 heterocycles. The number of hydrogen-bond acceptors (Lipinski definition) is 7. The molecule has 0 saturated carbocycles. The van der Waals surface area contributed by atoms with Crippen LogP contribution < -0.4 is 15.4 Å². The molecule has 0 aliphatic heterocycles. The molecule has 0 bridgehead atoms. The summed E-state index contributed by atoms with van der Waals surface area (Å²) in [6.45, 7) is 6.43. The second-order valence-electron chi connectivity index (χ2n) is 6.70. The van der Waals surface area contributed by atoms with E-state index in [9.17, 15) is 8.42 Å². The van der Waals surface area contributed by atoms with Crippen LogP contribution in [-0.4, -0.2) is 36.5 Å². The van der Waals surface area contributed by atoms with Crippen molar-refractivity contribution in [2.24, 2.45) is 0 Å². The van der Waals surface area contributed by atoms with Gasteiger partial charge in [-0.05, 0) is 61.7 Å². The standard InChI is InChI=1S/C20H24N6O2S/c1-14-6-7-21-19(10-14)26-20-12-18(23-13-24-20)22-8-9-25-29(27,28)17-5-4-15(2)16(3)11-17/h4-7,10-13,25H,8-9H2,1-3H3,(H2,21,22,23,24,26). The number of hydrogen-bond donors (Lipinski definition) is 3. The van der Waals surface area contributed by atoms with E-state index in [2.05, 4.69) is 30.3 Å². The van der Waals surface area contributed by atoms with E-state index in [-0.39, 0.29) is 11.4 Å².